The molecule has 0 radical (unpaired) electrons. The number of benzene rings is 3. The van der Waals surface area contributed by atoms with Gasteiger partial charge in [-0.3, -0.25) is 0 Å². The molecule has 3 aromatic rings. The monoisotopic (exact) mass is 275 g/mol. The highest BCUT2D eigenvalue weighted by atomic mass is 14.8. The van der Waals surface area contributed by atoms with Crippen LogP contribution in [0.3, 0.4) is 0 Å². The second-order valence-corrected chi connectivity index (χ2v) is 5.55. The standard InChI is InChI=1S/C20H21N/c1-21-15-20(13-16-7-3-2-4-8-16)19-12-11-17-9-5-6-10-18(17)14-19/h2-12,14,20-21H,13,15H2,1H3. The van der Waals surface area contributed by atoms with E-state index in [0.29, 0.717) is 5.92 Å². The lowest BCUT2D eigenvalue weighted by atomic mass is 9.90. The fraction of sp³-hybridized carbons (Fsp3) is 0.200. The van der Waals surface area contributed by atoms with Crippen LogP contribution in [0.2, 0.25) is 0 Å². The van der Waals surface area contributed by atoms with E-state index < -0.39 is 0 Å². The van der Waals surface area contributed by atoms with E-state index in [1.165, 1.54) is 21.9 Å². The van der Waals surface area contributed by atoms with E-state index in [2.05, 4.69) is 78.1 Å². The highest BCUT2D eigenvalue weighted by molar-refractivity contribution is 5.83. The second kappa shape index (κ2) is 6.55. The van der Waals surface area contributed by atoms with Crippen LogP contribution in [-0.4, -0.2) is 13.6 Å². The maximum Gasteiger partial charge on any atom is 0.00203 e. The van der Waals surface area contributed by atoms with Gasteiger partial charge in [0.25, 0.3) is 0 Å². The molecular weight excluding hydrogens is 254 g/mol. The Morgan fingerprint density at radius 3 is 2.29 bits per heavy atom. The van der Waals surface area contributed by atoms with E-state index in [0.717, 1.165) is 13.0 Å². The summed E-state index contributed by atoms with van der Waals surface area (Å²) in [6.45, 7) is 0.993. The highest BCUT2D eigenvalue weighted by Crippen LogP contribution is 2.24. The maximum absolute atomic E-state index is 3.33. The summed E-state index contributed by atoms with van der Waals surface area (Å²) in [5, 5.41) is 5.97. The highest BCUT2D eigenvalue weighted by Gasteiger charge is 2.12. The zero-order valence-corrected chi connectivity index (χ0v) is 12.4. The Labute approximate surface area is 126 Å². The van der Waals surface area contributed by atoms with Crippen molar-refractivity contribution in [3.05, 3.63) is 83.9 Å². The van der Waals surface area contributed by atoms with Crippen LogP contribution in [0, 0.1) is 0 Å². The first kappa shape index (κ1) is 13.8. The minimum atomic E-state index is 0.502. The van der Waals surface area contributed by atoms with Crippen LogP contribution in [0.4, 0.5) is 0 Å². The summed E-state index contributed by atoms with van der Waals surface area (Å²) in [4.78, 5) is 0. The van der Waals surface area contributed by atoms with Gasteiger partial charge in [-0.15, -0.1) is 0 Å². The SMILES string of the molecule is CNCC(Cc1ccccc1)c1ccc2ccccc2c1. The quantitative estimate of drug-likeness (QED) is 0.728. The predicted octanol–water partition coefficient (Wildman–Crippen LogP) is 4.39. The second-order valence-electron chi connectivity index (χ2n) is 5.55. The van der Waals surface area contributed by atoms with E-state index in [-0.39, 0.29) is 0 Å². The topological polar surface area (TPSA) is 12.0 Å². The first-order chi connectivity index (χ1) is 10.4. The third-order valence-corrected chi connectivity index (χ3v) is 4.02. The summed E-state index contributed by atoms with van der Waals surface area (Å²) >= 11 is 0. The molecule has 3 rings (SSSR count). The van der Waals surface area contributed by atoms with Crippen molar-refractivity contribution in [1.82, 2.24) is 5.32 Å². The summed E-state index contributed by atoms with van der Waals surface area (Å²) in [6, 6.07) is 26.1. The average molecular weight is 275 g/mol. The lowest BCUT2D eigenvalue weighted by Crippen LogP contribution is -2.19. The number of rotatable bonds is 5. The molecule has 0 spiro atoms. The summed E-state index contributed by atoms with van der Waals surface area (Å²) in [5.41, 5.74) is 2.80. The zero-order chi connectivity index (χ0) is 14.5. The maximum atomic E-state index is 3.33. The first-order valence-electron chi connectivity index (χ1n) is 7.54. The van der Waals surface area contributed by atoms with Crippen LogP contribution in [0.1, 0.15) is 17.0 Å². The summed E-state index contributed by atoms with van der Waals surface area (Å²) in [7, 11) is 2.03. The van der Waals surface area contributed by atoms with E-state index in [1.807, 2.05) is 7.05 Å². The van der Waals surface area contributed by atoms with Gasteiger partial charge >= 0.3 is 0 Å². The normalized spacial score (nSPS) is 12.4. The third-order valence-electron chi connectivity index (χ3n) is 4.02. The lowest BCUT2D eigenvalue weighted by Gasteiger charge is -2.18. The minimum Gasteiger partial charge on any atom is -0.319 e. The smallest absolute Gasteiger partial charge is 0.00203 e. The van der Waals surface area contributed by atoms with Gasteiger partial charge in [0.05, 0.1) is 0 Å². The third kappa shape index (κ3) is 3.32. The van der Waals surface area contributed by atoms with Crippen LogP contribution in [0.25, 0.3) is 10.8 Å². The molecule has 1 unspecified atom stereocenters. The van der Waals surface area contributed by atoms with E-state index in [1.54, 1.807) is 0 Å². The van der Waals surface area contributed by atoms with Crippen LogP contribution in [0.5, 0.6) is 0 Å². The molecule has 0 aromatic heterocycles. The van der Waals surface area contributed by atoms with Gasteiger partial charge < -0.3 is 5.32 Å². The van der Waals surface area contributed by atoms with Crippen molar-refractivity contribution in [1.29, 1.82) is 0 Å². The van der Waals surface area contributed by atoms with Crippen molar-refractivity contribution in [3.8, 4) is 0 Å². The van der Waals surface area contributed by atoms with Crippen molar-refractivity contribution >= 4 is 10.8 Å². The van der Waals surface area contributed by atoms with Crippen molar-refractivity contribution in [3.63, 3.8) is 0 Å². The molecule has 106 valence electrons. The number of fused-ring (bicyclic) bond motifs is 1. The van der Waals surface area contributed by atoms with Gasteiger partial charge in [-0.05, 0) is 35.4 Å². The summed E-state index contributed by atoms with van der Waals surface area (Å²) in [6.07, 6.45) is 1.07. The molecule has 0 aliphatic rings. The van der Waals surface area contributed by atoms with Crippen LogP contribution < -0.4 is 5.32 Å². The largest absolute Gasteiger partial charge is 0.319 e. The average Bonchev–Trinajstić information content (AvgIpc) is 2.55. The molecule has 21 heavy (non-hydrogen) atoms. The molecule has 0 aliphatic heterocycles. The molecule has 1 heteroatoms. The van der Waals surface area contributed by atoms with Gasteiger partial charge in [0.1, 0.15) is 0 Å². The molecule has 0 heterocycles. The Morgan fingerprint density at radius 2 is 1.52 bits per heavy atom. The summed E-state index contributed by atoms with van der Waals surface area (Å²) < 4.78 is 0. The predicted molar refractivity (Wildman–Crippen MR) is 90.8 cm³/mol. The van der Waals surface area contributed by atoms with Crippen LogP contribution in [0.15, 0.2) is 72.8 Å². The molecule has 1 N–H and O–H groups in total. The van der Waals surface area contributed by atoms with Crippen molar-refractivity contribution in [2.75, 3.05) is 13.6 Å². The van der Waals surface area contributed by atoms with Crippen molar-refractivity contribution < 1.29 is 0 Å². The van der Waals surface area contributed by atoms with Gasteiger partial charge in [0.15, 0.2) is 0 Å². The molecule has 0 bridgehead atoms. The Bertz CT molecular complexity index is 703. The molecule has 0 aliphatic carbocycles. The van der Waals surface area contributed by atoms with E-state index >= 15 is 0 Å². The molecule has 0 amide bonds. The minimum absolute atomic E-state index is 0.502. The van der Waals surface area contributed by atoms with E-state index in [4.69, 9.17) is 0 Å². The fourth-order valence-electron chi connectivity index (χ4n) is 2.91. The molecule has 0 fully saturated rings. The summed E-state index contributed by atoms with van der Waals surface area (Å²) in [5.74, 6) is 0.502. The molecule has 3 aromatic carbocycles. The molecule has 1 atom stereocenters. The number of nitrogens with one attached hydrogen (secondary N) is 1. The lowest BCUT2D eigenvalue weighted by molar-refractivity contribution is 0.626. The molecular formula is C20H21N. The van der Waals surface area contributed by atoms with Crippen LogP contribution >= 0.6 is 0 Å². The van der Waals surface area contributed by atoms with Gasteiger partial charge in [0, 0.05) is 12.5 Å². The molecule has 0 saturated carbocycles. The van der Waals surface area contributed by atoms with Crippen molar-refractivity contribution in [2.24, 2.45) is 0 Å². The Hall–Kier alpha value is -2.12. The number of hydrogen-bond donors (Lipinski definition) is 1. The number of hydrogen-bond acceptors (Lipinski definition) is 1. The van der Waals surface area contributed by atoms with Gasteiger partial charge in [0.2, 0.25) is 0 Å². The van der Waals surface area contributed by atoms with Crippen LogP contribution in [-0.2, 0) is 6.42 Å². The molecule has 0 saturated heterocycles. The van der Waals surface area contributed by atoms with Gasteiger partial charge in [-0.1, -0.05) is 72.8 Å². The van der Waals surface area contributed by atoms with Gasteiger partial charge in [-0.2, -0.15) is 0 Å². The number of likely N-dealkylation sites (N-methyl/N-ethyl adjacent to an activating group) is 1. The zero-order valence-electron chi connectivity index (χ0n) is 12.4. The van der Waals surface area contributed by atoms with Gasteiger partial charge in [-0.25, -0.2) is 0 Å². The Kier molecular flexibility index (Phi) is 4.32. The Balaban J connectivity index is 1.91. The fourth-order valence-corrected chi connectivity index (χ4v) is 2.91. The Morgan fingerprint density at radius 1 is 0.810 bits per heavy atom. The van der Waals surface area contributed by atoms with Crippen molar-refractivity contribution in [2.45, 2.75) is 12.3 Å². The molecule has 1 nitrogen and oxygen atoms in total. The first-order valence-corrected chi connectivity index (χ1v) is 7.54. The van der Waals surface area contributed by atoms with E-state index in [9.17, 15) is 0 Å².